The Labute approximate surface area is 194 Å². The normalized spacial score (nSPS) is 15.3. The number of thiocarbonyl (C=S) groups is 1. The third-order valence-corrected chi connectivity index (χ3v) is 6.36. The number of aromatic carboxylic acids is 1. The van der Waals surface area contributed by atoms with Gasteiger partial charge in [-0.1, -0.05) is 57.6 Å². The van der Waals surface area contributed by atoms with Crippen LogP contribution in [0.5, 0.6) is 0 Å². The number of hydrogen-bond donors (Lipinski definition) is 1. The molecule has 0 unspecified atom stereocenters. The molecule has 0 aliphatic carbocycles. The molecule has 1 fully saturated rings. The molecule has 30 heavy (non-hydrogen) atoms. The van der Waals surface area contributed by atoms with Crippen molar-refractivity contribution in [2.75, 3.05) is 4.90 Å². The number of carbonyl (C=O) groups excluding carboxylic acids is 1. The van der Waals surface area contributed by atoms with Crippen LogP contribution in [0.4, 0.5) is 5.69 Å². The Hall–Kier alpha value is -2.39. The average molecular weight is 521 g/mol. The van der Waals surface area contributed by atoms with E-state index in [1.807, 2.05) is 18.2 Å². The molecule has 1 aliphatic rings. The summed E-state index contributed by atoms with van der Waals surface area (Å²) in [6.07, 6.45) is 1.61. The summed E-state index contributed by atoms with van der Waals surface area (Å²) >= 11 is 16.2. The average Bonchev–Trinajstić information content (AvgIpc) is 3.26. The summed E-state index contributed by atoms with van der Waals surface area (Å²) in [5, 5.41) is 9.55. The number of carbonyl (C=O) groups is 2. The van der Waals surface area contributed by atoms with Crippen LogP contribution in [0.15, 0.2) is 68.4 Å². The van der Waals surface area contributed by atoms with Crippen LogP contribution in [0.25, 0.3) is 17.4 Å². The minimum Gasteiger partial charge on any atom is -0.478 e. The van der Waals surface area contributed by atoms with Gasteiger partial charge < -0.3 is 9.52 Å². The van der Waals surface area contributed by atoms with Gasteiger partial charge in [-0.3, -0.25) is 9.69 Å². The minimum atomic E-state index is -1.06. The van der Waals surface area contributed by atoms with E-state index in [1.54, 1.807) is 24.3 Å². The van der Waals surface area contributed by atoms with Crippen molar-refractivity contribution in [3.05, 3.63) is 80.3 Å². The van der Waals surface area contributed by atoms with Crippen molar-refractivity contribution in [1.29, 1.82) is 0 Å². The molecule has 4 rings (SSSR count). The maximum absolute atomic E-state index is 12.9. The van der Waals surface area contributed by atoms with Gasteiger partial charge >= 0.3 is 5.97 Å². The molecule has 3 aromatic rings. The monoisotopic (exact) mass is 519 g/mol. The lowest BCUT2D eigenvalue weighted by atomic mass is 10.1. The smallest absolute Gasteiger partial charge is 0.335 e. The van der Waals surface area contributed by atoms with Gasteiger partial charge in [0.15, 0.2) is 4.32 Å². The van der Waals surface area contributed by atoms with Crippen LogP contribution in [0.1, 0.15) is 16.1 Å². The van der Waals surface area contributed by atoms with Gasteiger partial charge in [0.05, 0.1) is 21.2 Å². The summed E-state index contributed by atoms with van der Waals surface area (Å²) in [5.41, 5.74) is 1.23. The molecular weight excluding hydrogens is 510 g/mol. The molecule has 0 bridgehead atoms. The van der Waals surface area contributed by atoms with Crippen molar-refractivity contribution in [3.63, 3.8) is 0 Å². The number of anilines is 1. The Morgan fingerprint density at radius 3 is 2.73 bits per heavy atom. The molecule has 1 aromatic heterocycles. The van der Waals surface area contributed by atoms with Crippen LogP contribution < -0.4 is 4.90 Å². The van der Waals surface area contributed by atoms with Crippen LogP contribution in [0.2, 0.25) is 5.02 Å². The highest BCUT2D eigenvalue weighted by atomic mass is 79.9. The molecule has 0 spiro atoms. The van der Waals surface area contributed by atoms with Gasteiger partial charge in [-0.25, -0.2) is 4.79 Å². The van der Waals surface area contributed by atoms with Crippen molar-refractivity contribution in [3.8, 4) is 11.3 Å². The molecule has 2 heterocycles. The highest BCUT2D eigenvalue weighted by molar-refractivity contribution is 9.10. The number of hydrogen-bond acceptors (Lipinski definition) is 5. The van der Waals surface area contributed by atoms with E-state index in [4.69, 9.17) is 28.2 Å². The number of furan rings is 1. The second-order valence-corrected chi connectivity index (χ2v) is 9.20. The molecule has 1 N–H and O–H groups in total. The largest absolute Gasteiger partial charge is 0.478 e. The summed E-state index contributed by atoms with van der Waals surface area (Å²) in [5.74, 6) is -0.476. The van der Waals surface area contributed by atoms with Crippen LogP contribution in [-0.2, 0) is 4.79 Å². The van der Waals surface area contributed by atoms with Gasteiger partial charge in [0.25, 0.3) is 5.91 Å². The topological polar surface area (TPSA) is 70.8 Å². The van der Waals surface area contributed by atoms with E-state index in [-0.39, 0.29) is 11.5 Å². The highest BCUT2D eigenvalue weighted by Gasteiger charge is 2.33. The van der Waals surface area contributed by atoms with Gasteiger partial charge in [0.1, 0.15) is 11.5 Å². The van der Waals surface area contributed by atoms with E-state index in [2.05, 4.69) is 15.9 Å². The van der Waals surface area contributed by atoms with Gasteiger partial charge in [-0.15, -0.1) is 0 Å². The third kappa shape index (κ3) is 4.09. The van der Waals surface area contributed by atoms with E-state index in [0.717, 1.165) is 4.47 Å². The molecule has 150 valence electrons. The molecule has 1 aliphatic heterocycles. The lowest BCUT2D eigenvalue weighted by molar-refractivity contribution is -0.113. The maximum Gasteiger partial charge on any atom is 0.335 e. The molecule has 0 saturated carbocycles. The molecular formula is C21H11BrClNO4S2. The van der Waals surface area contributed by atoms with Gasteiger partial charge in [0.2, 0.25) is 0 Å². The number of thioether (sulfide) groups is 1. The first-order valence-corrected chi connectivity index (χ1v) is 10.9. The third-order valence-electron chi connectivity index (χ3n) is 4.24. The van der Waals surface area contributed by atoms with E-state index in [9.17, 15) is 14.7 Å². The molecule has 9 heteroatoms. The van der Waals surface area contributed by atoms with Gasteiger partial charge in [-0.2, -0.15) is 0 Å². The first-order chi connectivity index (χ1) is 14.3. The van der Waals surface area contributed by atoms with E-state index >= 15 is 0 Å². The van der Waals surface area contributed by atoms with Crippen molar-refractivity contribution < 1.29 is 19.1 Å². The number of benzene rings is 2. The molecule has 5 nitrogen and oxygen atoms in total. The van der Waals surface area contributed by atoms with Crippen molar-refractivity contribution in [2.45, 2.75) is 0 Å². The highest BCUT2D eigenvalue weighted by Crippen LogP contribution is 2.38. The first kappa shape index (κ1) is 20.9. The Bertz CT molecular complexity index is 1240. The fraction of sp³-hybridized carbons (Fsp3) is 0. The van der Waals surface area contributed by atoms with Crippen LogP contribution in [-0.4, -0.2) is 21.3 Å². The van der Waals surface area contributed by atoms with Crippen molar-refractivity contribution >= 4 is 79.5 Å². The van der Waals surface area contributed by atoms with Crippen molar-refractivity contribution in [1.82, 2.24) is 0 Å². The summed E-state index contributed by atoms with van der Waals surface area (Å²) < 4.78 is 7.07. The Balaban J connectivity index is 1.64. The summed E-state index contributed by atoms with van der Waals surface area (Å²) in [6.45, 7) is 0. The number of rotatable bonds is 4. The molecule has 1 amide bonds. The van der Waals surface area contributed by atoms with E-state index in [0.29, 0.717) is 37.0 Å². The minimum absolute atomic E-state index is 0.0993. The molecule has 2 aromatic carbocycles. The predicted molar refractivity (Wildman–Crippen MR) is 126 cm³/mol. The molecule has 0 radical (unpaired) electrons. The standard InChI is InChI=1S/C21H11BrClNO4S2/c22-12-2-1-3-13(9-12)24-19(25)18(30-21(24)29)10-14-5-7-17(28-14)15-8-11(20(26)27)4-6-16(15)23/h1-10H,(H,26,27)/b18-10-. The quantitative estimate of drug-likeness (QED) is 0.314. The predicted octanol–water partition coefficient (Wildman–Crippen LogP) is 6.47. The zero-order valence-electron chi connectivity index (χ0n) is 15.0. The zero-order valence-corrected chi connectivity index (χ0v) is 18.9. The molecule has 1 saturated heterocycles. The van der Waals surface area contributed by atoms with E-state index < -0.39 is 5.97 Å². The van der Waals surface area contributed by atoms with Crippen LogP contribution in [0, 0.1) is 0 Å². The fourth-order valence-electron chi connectivity index (χ4n) is 2.86. The zero-order chi connectivity index (χ0) is 21.4. The summed E-state index contributed by atoms with van der Waals surface area (Å²) in [6, 6.07) is 15.0. The second-order valence-electron chi connectivity index (χ2n) is 6.20. The summed E-state index contributed by atoms with van der Waals surface area (Å²) in [4.78, 5) is 26.0. The van der Waals surface area contributed by atoms with Crippen LogP contribution in [0.3, 0.4) is 0 Å². The van der Waals surface area contributed by atoms with E-state index in [1.165, 1.54) is 34.9 Å². The Kier molecular flexibility index (Phi) is 5.84. The molecule has 0 atom stereocenters. The number of amides is 1. The maximum atomic E-state index is 12.9. The Morgan fingerprint density at radius 2 is 2.00 bits per heavy atom. The van der Waals surface area contributed by atoms with Gasteiger partial charge in [-0.05, 0) is 48.5 Å². The lowest BCUT2D eigenvalue weighted by Crippen LogP contribution is -2.27. The first-order valence-electron chi connectivity index (χ1n) is 8.50. The van der Waals surface area contributed by atoms with Crippen LogP contribution >= 0.6 is 51.5 Å². The SMILES string of the molecule is O=C(O)c1ccc(Cl)c(-c2ccc(/C=C3\SC(=S)N(c4cccc(Br)c4)C3=O)o2)c1. The second kappa shape index (κ2) is 8.39. The number of carboxylic acid groups (broad SMARTS) is 1. The summed E-state index contributed by atoms with van der Waals surface area (Å²) in [7, 11) is 0. The number of halogens is 2. The van der Waals surface area contributed by atoms with Gasteiger partial charge in [0, 0.05) is 16.1 Å². The number of nitrogens with zero attached hydrogens (tertiary/aromatic N) is 1. The Morgan fingerprint density at radius 1 is 1.20 bits per heavy atom. The van der Waals surface area contributed by atoms with Crippen molar-refractivity contribution in [2.24, 2.45) is 0 Å². The number of carboxylic acids is 1. The lowest BCUT2D eigenvalue weighted by Gasteiger charge is -2.14. The fourth-order valence-corrected chi connectivity index (χ4v) is 4.73.